The molecule has 0 N–H and O–H groups in total. The first kappa shape index (κ1) is 15.4. The van der Waals surface area contributed by atoms with Gasteiger partial charge in [-0.15, -0.1) is 11.3 Å². The van der Waals surface area contributed by atoms with Gasteiger partial charge in [0.1, 0.15) is 0 Å². The molecule has 2 atom stereocenters. The summed E-state index contributed by atoms with van der Waals surface area (Å²) in [5.74, 6) is 0. The molecule has 3 rings (SSSR count). The molecular weight excluding hydrogens is 284 g/mol. The molecule has 0 spiro atoms. The van der Waals surface area contributed by atoms with Crippen molar-refractivity contribution in [3.05, 3.63) is 16.1 Å². The fourth-order valence-electron chi connectivity index (χ4n) is 3.17. The summed E-state index contributed by atoms with van der Waals surface area (Å²) in [7, 11) is 0. The largest absolute Gasteiger partial charge is 0.377 e. The van der Waals surface area contributed by atoms with Gasteiger partial charge >= 0.3 is 0 Å². The molecule has 1 aromatic heterocycles. The monoisotopic (exact) mass is 310 g/mol. The van der Waals surface area contributed by atoms with Gasteiger partial charge in [-0.3, -0.25) is 4.90 Å². The van der Waals surface area contributed by atoms with Crippen LogP contribution in [0.3, 0.4) is 0 Å². The van der Waals surface area contributed by atoms with Crippen LogP contribution >= 0.6 is 11.3 Å². The van der Waals surface area contributed by atoms with Crippen molar-refractivity contribution in [1.82, 2.24) is 9.88 Å². The molecule has 21 heavy (non-hydrogen) atoms. The van der Waals surface area contributed by atoms with Crippen molar-refractivity contribution in [2.24, 2.45) is 0 Å². The van der Waals surface area contributed by atoms with Crippen molar-refractivity contribution in [3.8, 4) is 0 Å². The fourth-order valence-corrected chi connectivity index (χ4v) is 3.91. The van der Waals surface area contributed by atoms with Crippen LogP contribution in [0.2, 0.25) is 0 Å². The van der Waals surface area contributed by atoms with Crippen molar-refractivity contribution in [1.29, 1.82) is 0 Å². The van der Waals surface area contributed by atoms with Gasteiger partial charge in [0.05, 0.1) is 22.9 Å². The molecule has 0 radical (unpaired) electrons. The van der Waals surface area contributed by atoms with E-state index in [1.165, 1.54) is 36.4 Å². The maximum absolute atomic E-state index is 5.81. The van der Waals surface area contributed by atoms with Crippen LogP contribution in [0.25, 0.3) is 0 Å². The molecular formula is C16H26N2O2S. The molecule has 2 aliphatic heterocycles. The quantitative estimate of drug-likeness (QED) is 0.775. The molecule has 2 aliphatic rings. The number of aromatic nitrogens is 1. The van der Waals surface area contributed by atoms with Crippen LogP contribution in [0.5, 0.6) is 0 Å². The topological polar surface area (TPSA) is 34.6 Å². The van der Waals surface area contributed by atoms with Crippen LogP contribution in [0.4, 0.5) is 0 Å². The van der Waals surface area contributed by atoms with E-state index < -0.39 is 0 Å². The van der Waals surface area contributed by atoms with Crippen molar-refractivity contribution in [2.45, 2.75) is 57.8 Å². The van der Waals surface area contributed by atoms with Crippen molar-refractivity contribution < 1.29 is 9.47 Å². The number of nitrogens with zero attached hydrogens (tertiary/aromatic N) is 2. The number of aryl methyl sites for hydroxylation is 1. The Balaban J connectivity index is 1.58. The van der Waals surface area contributed by atoms with E-state index in [-0.39, 0.29) is 0 Å². The second-order valence-electron chi connectivity index (χ2n) is 6.05. The van der Waals surface area contributed by atoms with E-state index in [1.54, 1.807) is 11.3 Å². The van der Waals surface area contributed by atoms with Gasteiger partial charge in [0.2, 0.25) is 0 Å². The van der Waals surface area contributed by atoms with Crippen molar-refractivity contribution in [3.63, 3.8) is 0 Å². The summed E-state index contributed by atoms with van der Waals surface area (Å²) >= 11 is 1.78. The van der Waals surface area contributed by atoms with Crippen LogP contribution in [0.1, 0.15) is 43.3 Å². The molecule has 2 saturated heterocycles. The first-order valence-corrected chi connectivity index (χ1v) is 9.10. The molecule has 0 aliphatic carbocycles. The van der Waals surface area contributed by atoms with Gasteiger partial charge in [-0.1, -0.05) is 6.92 Å². The van der Waals surface area contributed by atoms with Crippen LogP contribution in [0, 0.1) is 0 Å². The standard InChI is InChI=1S/C16H26N2O2S/c1-2-16-17-13(12-21-16)9-18(10-14-5-3-7-19-14)11-15-6-4-8-20-15/h12,14-15H,2-11H2,1H3/t14-,15-/m0/s1. The molecule has 3 heterocycles. The number of hydrogen-bond donors (Lipinski definition) is 0. The van der Waals surface area contributed by atoms with Crippen molar-refractivity contribution >= 4 is 11.3 Å². The molecule has 0 aromatic carbocycles. The molecule has 0 unspecified atom stereocenters. The SMILES string of the molecule is CCc1nc(CN(C[C@@H]2CCCO2)C[C@@H]2CCCO2)cs1. The average molecular weight is 310 g/mol. The summed E-state index contributed by atoms with van der Waals surface area (Å²) in [6.07, 6.45) is 6.62. The lowest BCUT2D eigenvalue weighted by Gasteiger charge is -2.26. The Hall–Kier alpha value is -0.490. The number of hydrogen-bond acceptors (Lipinski definition) is 5. The van der Waals surface area contributed by atoms with E-state index in [0.29, 0.717) is 12.2 Å². The van der Waals surface area contributed by atoms with E-state index in [2.05, 4.69) is 17.2 Å². The lowest BCUT2D eigenvalue weighted by Crippen LogP contribution is -2.37. The highest BCUT2D eigenvalue weighted by Gasteiger charge is 2.24. The lowest BCUT2D eigenvalue weighted by atomic mass is 10.2. The summed E-state index contributed by atoms with van der Waals surface area (Å²) < 4.78 is 11.6. The predicted molar refractivity (Wildman–Crippen MR) is 84.7 cm³/mol. The summed E-state index contributed by atoms with van der Waals surface area (Å²) in [6.45, 7) is 6.97. The maximum Gasteiger partial charge on any atom is 0.0926 e. The van der Waals surface area contributed by atoms with Gasteiger partial charge in [-0.25, -0.2) is 4.98 Å². The molecule has 1 aromatic rings. The van der Waals surface area contributed by atoms with Gasteiger partial charge in [-0.2, -0.15) is 0 Å². The normalized spacial score (nSPS) is 26.0. The van der Waals surface area contributed by atoms with E-state index >= 15 is 0 Å². The zero-order valence-corrected chi connectivity index (χ0v) is 13.7. The van der Waals surface area contributed by atoms with Crippen LogP contribution in [0.15, 0.2) is 5.38 Å². The third-order valence-electron chi connectivity index (χ3n) is 4.26. The minimum atomic E-state index is 0.399. The smallest absolute Gasteiger partial charge is 0.0926 e. The summed E-state index contributed by atoms with van der Waals surface area (Å²) in [5.41, 5.74) is 1.20. The number of rotatable bonds is 7. The lowest BCUT2D eigenvalue weighted by molar-refractivity contribution is 0.0342. The first-order valence-electron chi connectivity index (χ1n) is 8.22. The maximum atomic E-state index is 5.81. The third-order valence-corrected chi connectivity index (χ3v) is 5.30. The molecule has 118 valence electrons. The summed E-state index contributed by atoms with van der Waals surface area (Å²) in [4.78, 5) is 7.20. The van der Waals surface area contributed by atoms with Gasteiger partial charge in [0, 0.05) is 38.2 Å². The van der Waals surface area contributed by atoms with Crippen LogP contribution < -0.4 is 0 Å². The number of ether oxygens (including phenoxy) is 2. The van der Waals surface area contributed by atoms with E-state index in [0.717, 1.165) is 39.3 Å². The number of thiazole rings is 1. The van der Waals surface area contributed by atoms with Gasteiger partial charge < -0.3 is 9.47 Å². The first-order chi connectivity index (χ1) is 10.3. The van der Waals surface area contributed by atoms with Gasteiger partial charge in [0.15, 0.2) is 0 Å². The molecule has 4 nitrogen and oxygen atoms in total. The van der Waals surface area contributed by atoms with Gasteiger partial charge in [0.25, 0.3) is 0 Å². The van der Waals surface area contributed by atoms with Crippen LogP contribution in [-0.2, 0) is 22.4 Å². The highest BCUT2D eigenvalue weighted by molar-refractivity contribution is 7.09. The fraction of sp³-hybridized carbons (Fsp3) is 0.812. The minimum absolute atomic E-state index is 0.399. The minimum Gasteiger partial charge on any atom is -0.377 e. The highest BCUT2D eigenvalue weighted by atomic mass is 32.1. The second kappa shape index (κ2) is 7.68. The zero-order valence-electron chi connectivity index (χ0n) is 12.9. The Labute approximate surface area is 131 Å². The molecule has 0 bridgehead atoms. The van der Waals surface area contributed by atoms with Crippen molar-refractivity contribution in [2.75, 3.05) is 26.3 Å². The third kappa shape index (κ3) is 4.49. The van der Waals surface area contributed by atoms with Gasteiger partial charge in [-0.05, 0) is 32.1 Å². The van der Waals surface area contributed by atoms with E-state index in [1.807, 2.05) is 0 Å². The second-order valence-corrected chi connectivity index (χ2v) is 6.99. The Morgan fingerprint density at radius 1 is 1.19 bits per heavy atom. The van der Waals surface area contributed by atoms with E-state index in [4.69, 9.17) is 14.5 Å². The Kier molecular flexibility index (Phi) is 5.63. The van der Waals surface area contributed by atoms with Crippen LogP contribution in [-0.4, -0.2) is 48.4 Å². The Morgan fingerprint density at radius 2 is 1.86 bits per heavy atom. The molecule has 5 heteroatoms. The average Bonchev–Trinajstić information content (AvgIpc) is 3.20. The predicted octanol–water partition coefficient (Wildman–Crippen LogP) is 2.87. The molecule has 2 fully saturated rings. The summed E-state index contributed by atoms with van der Waals surface area (Å²) in [6, 6.07) is 0. The summed E-state index contributed by atoms with van der Waals surface area (Å²) in [5, 5.41) is 3.44. The highest BCUT2D eigenvalue weighted by Crippen LogP contribution is 2.19. The Morgan fingerprint density at radius 3 is 2.33 bits per heavy atom. The zero-order chi connectivity index (χ0) is 14.5. The molecule has 0 saturated carbocycles. The Bertz CT molecular complexity index is 408. The van der Waals surface area contributed by atoms with E-state index in [9.17, 15) is 0 Å². The molecule has 0 amide bonds.